The van der Waals surface area contributed by atoms with E-state index in [1.807, 2.05) is 12.1 Å². The maximum Gasteiger partial charge on any atom is 0.122 e. The molecule has 3 heteroatoms. The lowest BCUT2D eigenvalue weighted by Crippen LogP contribution is -2.44. The third-order valence-corrected chi connectivity index (χ3v) is 4.60. The fraction of sp³-hybridized carbons (Fsp3) is 0.667. The van der Waals surface area contributed by atoms with Gasteiger partial charge in [0.1, 0.15) is 5.75 Å². The van der Waals surface area contributed by atoms with E-state index < -0.39 is 0 Å². The summed E-state index contributed by atoms with van der Waals surface area (Å²) in [5.41, 5.74) is 1.30. The smallest absolute Gasteiger partial charge is 0.122 e. The second-order valence-corrected chi connectivity index (χ2v) is 6.31. The second-order valence-electron chi connectivity index (χ2n) is 6.31. The van der Waals surface area contributed by atoms with Gasteiger partial charge in [-0.25, -0.2) is 0 Å². The zero-order valence-corrected chi connectivity index (χ0v) is 13.9. The third-order valence-electron chi connectivity index (χ3n) is 4.60. The van der Waals surface area contributed by atoms with Gasteiger partial charge in [-0.15, -0.1) is 0 Å². The minimum Gasteiger partial charge on any atom is -0.496 e. The minimum atomic E-state index is 0.515. The van der Waals surface area contributed by atoms with Crippen molar-refractivity contribution >= 4 is 0 Å². The van der Waals surface area contributed by atoms with Crippen molar-refractivity contribution < 1.29 is 4.74 Å². The molecule has 1 N–H and O–H groups in total. The van der Waals surface area contributed by atoms with Gasteiger partial charge in [0.2, 0.25) is 0 Å². The van der Waals surface area contributed by atoms with Crippen LogP contribution in [0.2, 0.25) is 0 Å². The SMILES string of the molecule is CCNC(CN(C)C(C)Cc1ccccc1OC)C1CC1. The van der Waals surface area contributed by atoms with Crippen LogP contribution in [0.1, 0.15) is 32.3 Å². The van der Waals surface area contributed by atoms with E-state index in [4.69, 9.17) is 4.74 Å². The molecule has 0 spiro atoms. The second kappa shape index (κ2) is 7.81. The Morgan fingerprint density at radius 3 is 2.67 bits per heavy atom. The molecule has 0 amide bonds. The fourth-order valence-electron chi connectivity index (χ4n) is 2.98. The molecule has 0 aliphatic heterocycles. The lowest BCUT2D eigenvalue weighted by molar-refractivity contribution is 0.218. The van der Waals surface area contributed by atoms with Crippen LogP contribution in [0.15, 0.2) is 24.3 Å². The topological polar surface area (TPSA) is 24.5 Å². The first-order valence-corrected chi connectivity index (χ1v) is 8.21. The molecule has 2 atom stereocenters. The summed E-state index contributed by atoms with van der Waals surface area (Å²) in [7, 11) is 3.99. The number of benzene rings is 1. The molecule has 0 aromatic heterocycles. The van der Waals surface area contributed by atoms with Crippen LogP contribution in [0.4, 0.5) is 0 Å². The third kappa shape index (κ3) is 4.72. The number of nitrogens with zero attached hydrogens (tertiary/aromatic N) is 1. The number of likely N-dealkylation sites (N-methyl/N-ethyl adjacent to an activating group) is 2. The van der Waals surface area contributed by atoms with Crippen LogP contribution in [-0.4, -0.2) is 44.2 Å². The average molecular weight is 290 g/mol. The van der Waals surface area contributed by atoms with Gasteiger partial charge in [0.15, 0.2) is 0 Å². The molecule has 2 unspecified atom stereocenters. The quantitative estimate of drug-likeness (QED) is 0.757. The lowest BCUT2D eigenvalue weighted by atomic mass is 10.0. The Morgan fingerprint density at radius 1 is 1.33 bits per heavy atom. The van der Waals surface area contributed by atoms with E-state index in [9.17, 15) is 0 Å². The molecule has 2 rings (SSSR count). The molecule has 0 heterocycles. The maximum absolute atomic E-state index is 5.46. The Hall–Kier alpha value is -1.06. The first-order valence-electron chi connectivity index (χ1n) is 8.21. The van der Waals surface area contributed by atoms with Gasteiger partial charge in [-0.05, 0) is 57.3 Å². The monoisotopic (exact) mass is 290 g/mol. The molecule has 3 nitrogen and oxygen atoms in total. The van der Waals surface area contributed by atoms with Gasteiger partial charge >= 0.3 is 0 Å². The molecule has 1 saturated carbocycles. The Kier molecular flexibility index (Phi) is 6.07. The number of hydrogen-bond acceptors (Lipinski definition) is 3. The fourth-order valence-corrected chi connectivity index (χ4v) is 2.98. The number of hydrogen-bond donors (Lipinski definition) is 1. The Morgan fingerprint density at radius 2 is 2.05 bits per heavy atom. The summed E-state index contributed by atoms with van der Waals surface area (Å²) in [5, 5.41) is 3.65. The Bertz CT molecular complexity index is 431. The highest BCUT2D eigenvalue weighted by molar-refractivity contribution is 5.33. The van der Waals surface area contributed by atoms with Crippen LogP contribution >= 0.6 is 0 Å². The van der Waals surface area contributed by atoms with E-state index in [0.717, 1.165) is 31.2 Å². The predicted molar refractivity (Wildman–Crippen MR) is 89.0 cm³/mol. The molecule has 0 radical (unpaired) electrons. The Balaban J connectivity index is 1.90. The summed E-state index contributed by atoms with van der Waals surface area (Å²) >= 11 is 0. The van der Waals surface area contributed by atoms with Gasteiger partial charge in [-0.3, -0.25) is 0 Å². The molecule has 1 aromatic rings. The molecule has 21 heavy (non-hydrogen) atoms. The van der Waals surface area contributed by atoms with Gasteiger partial charge < -0.3 is 15.0 Å². The average Bonchev–Trinajstić information content (AvgIpc) is 3.31. The van der Waals surface area contributed by atoms with Crippen molar-refractivity contribution in [3.8, 4) is 5.75 Å². The number of para-hydroxylation sites is 1. The highest BCUT2D eigenvalue weighted by Crippen LogP contribution is 2.33. The molecule has 1 aliphatic rings. The van der Waals surface area contributed by atoms with Crippen LogP contribution in [0.5, 0.6) is 5.75 Å². The van der Waals surface area contributed by atoms with Crippen molar-refractivity contribution in [2.45, 2.75) is 45.2 Å². The van der Waals surface area contributed by atoms with E-state index in [0.29, 0.717) is 12.1 Å². The first-order chi connectivity index (χ1) is 10.2. The molecular weight excluding hydrogens is 260 g/mol. The standard InChI is InChI=1S/C18H30N2O/c1-5-19-17(15-10-11-15)13-20(3)14(2)12-16-8-6-7-9-18(16)21-4/h6-9,14-15,17,19H,5,10-13H2,1-4H3. The van der Waals surface area contributed by atoms with Crippen LogP contribution in [0.3, 0.4) is 0 Å². The van der Waals surface area contributed by atoms with Crippen LogP contribution in [0, 0.1) is 5.92 Å². The highest BCUT2D eigenvalue weighted by Gasteiger charge is 2.31. The molecule has 1 aromatic carbocycles. The number of methoxy groups -OCH3 is 1. The van der Waals surface area contributed by atoms with Crippen LogP contribution < -0.4 is 10.1 Å². The van der Waals surface area contributed by atoms with Crippen molar-refractivity contribution in [3.63, 3.8) is 0 Å². The van der Waals surface area contributed by atoms with E-state index in [1.165, 1.54) is 18.4 Å². The molecule has 0 bridgehead atoms. The number of rotatable bonds is 9. The lowest BCUT2D eigenvalue weighted by Gasteiger charge is -2.30. The zero-order valence-electron chi connectivity index (χ0n) is 13.9. The molecule has 0 saturated heterocycles. The van der Waals surface area contributed by atoms with Gasteiger partial charge in [0.25, 0.3) is 0 Å². The summed E-state index contributed by atoms with van der Waals surface area (Å²) in [5.74, 6) is 1.90. The van der Waals surface area contributed by atoms with E-state index in [1.54, 1.807) is 7.11 Å². The predicted octanol–water partition coefficient (Wildman–Crippen LogP) is 2.95. The van der Waals surface area contributed by atoms with Crippen molar-refractivity contribution in [1.29, 1.82) is 0 Å². The molecule has 118 valence electrons. The van der Waals surface area contributed by atoms with Crippen molar-refractivity contribution in [3.05, 3.63) is 29.8 Å². The van der Waals surface area contributed by atoms with Crippen LogP contribution in [-0.2, 0) is 6.42 Å². The summed E-state index contributed by atoms with van der Waals surface area (Å²) in [6.45, 7) is 6.71. The zero-order chi connectivity index (χ0) is 15.2. The van der Waals surface area contributed by atoms with Crippen molar-refractivity contribution in [2.75, 3.05) is 27.2 Å². The van der Waals surface area contributed by atoms with Crippen molar-refractivity contribution in [1.82, 2.24) is 10.2 Å². The van der Waals surface area contributed by atoms with Crippen molar-refractivity contribution in [2.24, 2.45) is 5.92 Å². The summed E-state index contributed by atoms with van der Waals surface area (Å²) in [6, 6.07) is 9.52. The summed E-state index contributed by atoms with van der Waals surface area (Å²) in [6.07, 6.45) is 3.82. The summed E-state index contributed by atoms with van der Waals surface area (Å²) < 4.78 is 5.46. The number of nitrogens with one attached hydrogen (secondary N) is 1. The first kappa shape index (κ1) is 16.3. The molecule has 1 aliphatic carbocycles. The van der Waals surface area contributed by atoms with Crippen LogP contribution in [0.25, 0.3) is 0 Å². The normalized spacial score (nSPS) is 17.8. The van der Waals surface area contributed by atoms with E-state index in [-0.39, 0.29) is 0 Å². The highest BCUT2D eigenvalue weighted by atomic mass is 16.5. The largest absolute Gasteiger partial charge is 0.496 e. The van der Waals surface area contributed by atoms with Gasteiger partial charge in [0, 0.05) is 18.6 Å². The van der Waals surface area contributed by atoms with Gasteiger partial charge in [-0.2, -0.15) is 0 Å². The van der Waals surface area contributed by atoms with Gasteiger partial charge in [0.05, 0.1) is 7.11 Å². The maximum atomic E-state index is 5.46. The summed E-state index contributed by atoms with van der Waals surface area (Å²) in [4.78, 5) is 2.48. The minimum absolute atomic E-state index is 0.515. The van der Waals surface area contributed by atoms with E-state index >= 15 is 0 Å². The molecule has 1 fully saturated rings. The van der Waals surface area contributed by atoms with Gasteiger partial charge in [-0.1, -0.05) is 25.1 Å². The van der Waals surface area contributed by atoms with E-state index in [2.05, 4.69) is 43.2 Å². The Labute approximate surface area is 129 Å². The molecular formula is C18H30N2O. The number of ether oxygens (including phenoxy) is 1.